The first-order chi connectivity index (χ1) is 11.1. The molecule has 1 aliphatic rings. The second-order valence-corrected chi connectivity index (χ2v) is 6.38. The van der Waals surface area contributed by atoms with Crippen molar-refractivity contribution in [2.45, 2.75) is 13.0 Å². The van der Waals surface area contributed by atoms with Crippen molar-refractivity contribution >= 4 is 21.8 Å². The Morgan fingerprint density at radius 2 is 1.65 bits per heavy atom. The van der Waals surface area contributed by atoms with E-state index in [1.165, 1.54) is 5.56 Å². The van der Waals surface area contributed by atoms with E-state index in [2.05, 4.69) is 15.9 Å². The first-order valence-corrected chi connectivity index (χ1v) is 8.20. The highest BCUT2D eigenvalue weighted by Crippen LogP contribution is 2.33. The summed E-state index contributed by atoms with van der Waals surface area (Å²) < 4.78 is 11.7. The van der Waals surface area contributed by atoms with Crippen molar-refractivity contribution in [2.75, 3.05) is 20.8 Å². The van der Waals surface area contributed by atoms with E-state index in [0.29, 0.717) is 24.4 Å². The van der Waals surface area contributed by atoms with E-state index in [4.69, 9.17) is 9.47 Å². The van der Waals surface area contributed by atoms with Crippen LogP contribution in [0.5, 0.6) is 11.5 Å². The van der Waals surface area contributed by atoms with Gasteiger partial charge in [-0.1, -0.05) is 15.9 Å². The summed E-state index contributed by atoms with van der Waals surface area (Å²) in [6.07, 6.45) is 0.817. The van der Waals surface area contributed by atoms with Crippen molar-refractivity contribution in [2.24, 2.45) is 0 Å². The van der Waals surface area contributed by atoms with Crippen LogP contribution < -0.4 is 9.47 Å². The maximum Gasteiger partial charge on any atom is 0.254 e. The van der Waals surface area contributed by atoms with Gasteiger partial charge in [-0.05, 0) is 53.9 Å². The number of rotatable bonds is 3. The van der Waals surface area contributed by atoms with Crippen LogP contribution in [0.4, 0.5) is 0 Å². The summed E-state index contributed by atoms with van der Waals surface area (Å²) in [5.74, 6) is 1.49. The molecule has 4 nitrogen and oxygen atoms in total. The molecule has 2 aromatic rings. The van der Waals surface area contributed by atoms with Crippen LogP contribution >= 0.6 is 15.9 Å². The topological polar surface area (TPSA) is 38.8 Å². The number of halogens is 1. The lowest BCUT2D eigenvalue weighted by atomic mass is 9.98. The fraction of sp³-hybridized carbons (Fsp3) is 0.278. The summed E-state index contributed by atoms with van der Waals surface area (Å²) in [6.45, 7) is 1.29. The van der Waals surface area contributed by atoms with Crippen molar-refractivity contribution in [3.63, 3.8) is 0 Å². The SMILES string of the molecule is COc1cc2c(cc1OC)CN(C(=O)c1ccc(Br)cc1)CC2. The van der Waals surface area contributed by atoms with Crippen molar-refractivity contribution in [1.82, 2.24) is 4.90 Å². The van der Waals surface area contributed by atoms with Gasteiger partial charge in [0.2, 0.25) is 0 Å². The van der Waals surface area contributed by atoms with E-state index >= 15 is 0 Å². The maximum absolute atomic E-state index is 12.7. The summed E-state index contributed by atoms with van der Waals surface area (Å²) in [6, 6.07) is 11.4. The lowest BCUT2D eigenvalue weighted by Crippen LogP contribution is -2.36. The van der Waals surface area contributed by atoms with E-state index in [9.17, 15) is 4.79 Å². The van der Waals surface area contributed by atoms with Crippen LogP contribution in [-0.2, 0) is 13.0 Å². The molecule has 2 aromatic carbocycles. The maximum atomic E-state index is 12.7. The molecule has 0 saturated heterocycles. The van der Waals surface area contributed by atoms with Gasteiger partial charge in [0.05, 0.1) is 14.2 Å². The highest BCUT2D eigenvalue weighted by atomic mass is 79.9. The van der Waals surface area contributed by atoms with Gasteiger partial charge in [-0.3, -0.25) is 4.79 Å². The molecule has 3 rings (SSSR count). The fourth-order valence-electron chi connectivity index (χ4n) is 2.83. The second kappa shape index (κ2) is 6.62. The van der Waals surface area contributed by atoms with Gasteiger partial charge in [0.1, 0.15) is 0 Å². The zero-order valence-corrected chi connectivity index (χ0v) is 14.7. The molecule has 0 radical (unpaired) electrons. The van der Waals surface area contributed by atoms with E-state index in [0.717, 1.165) is 22.2 Å². The standard InChI is InChI=1S/C18H18BrNO3/c1-22-16-9-13-7-8-20(11-14(13)10-17(16)23-2)18(21)12-3-5-15(19)6-4-12/h3-6,9-10H,7-8,11H2,1-2H3. The number of methoxy groups -OCH3 is 2. The van der Waals surface area contributed by atoms with Crippen LogP contribution in [0.25, 0.3) is 0 Å². The van der Waals surface area contributed by atoms with Crippen molar-refractivity contribution in [3.8, 4) is 11.5 Å². The molecule has 0 spiro atoms. The number of fused-ring (bicyclic) bond motifs is 1. The molecule has 1 aliphatic heterocycles. The molecule has 0 N–H and O–H groups in total. The van der Waals surface area contributed by atoms with Gasteiger partial charge in [-0.15, -0.1) is 0 Å². The van der Waals surface area contributed by atoms with Crippen LogP contribution in [0.1, 0.15) is 21.5 Å². The summed E-state index contributed by atoms with van der Waals surface area (Å²) in [5.41, 5.74) is 3.03. The number of hydrogen-bond donors (Lipinski definition) is 0. The number of benzene rings is 2. The lowest BCUT2D eigenvalue weighted by Gasteiger charge is -2.29. The number of carbonyl (C=O) groups is 1. The van der Waals surface area contributed by atoms with Crippen molar-refractivity contribution in [3.05, 3.63) is 57.6 Å². The minimum absolute atomic E-state index is 0.0536. The van der Waals surface area contributed by atoms with Gasteiger partial charge >= 0.3 is 0 Å². The third-order valence-corrected chi connectivity index (χ3v) is 4.63. The molecule has 0 atom stereocenters. The Bertz CT molecular complexity index is 728. The molecule has 23 heavy (non-hydrogen) atoms. The number of amides is 1. The largest absolute Gasteiger partial charge is 0.493 e. The second-order valence-electron chi connectivity index (χ2n) is 5.46. The predicted octanol–water partition coefficient (Wildman–Crippen LogP) is 3.66. The third-order valence-electron chi connectivity index (χ3n) is 4.10. The van der Waals surface area contributed by atoms with Crippen molar-refractivity contribution < 1.29 is 14.3 Å². The van der Waals surface area contributed by atoms with Crippen LogP contribution in [0.3, 0.4) is 0 Å². The number of carbonyl (C=O) groups excluding carboxylic acids is 1. The van der Waals surface area contributed by atoms with Gasteiger partial charge in [-0.25, -0.2) is 0 Å². The Kier molecular flexibility index (Phi) is 4.57. The summed E-state index contributed by atoms with van der Waals surface area (Å²) in [4.78, 5) is 14.5. The van der Waals surface area contributed by atoms with Crippen LogP contribution in [0.15, 0.2) is 40.9 Å². The van der Waals surface area contributed by atoms with E-state index in [-0.39, 0.29) is 5.91 Å². The van der Waals surface area contributed by atoms with Crippen LogP contribution in [0.2, 0.25) is 0 Å². The van der Waals surface area contributed by atoms with Gasteiger partial charge in [0.15, 0.2) is 11.5 Å². The predicted molar refractivity (Wildman–Crippen MR) is 92.1 cm³/mol. The Labute approximate surface area is 144 Å². The van der Waals surface area contributed by atoms with Gasteiger partial charge in [0, 0.05) is 23.1 Å². The lowest BCUT2D eigenvalue weighted by molar-refractivity contribution is 0.0734. The molecule has 120 valence electrons. The van der Waals surface area contributed by atoms with E-state index in [1.807, 2.05) is 41.3 Å². The monoisotopic (exact) mass is 375 g/mol. The first kappa shape index (κ1) is 15.9. The molecule has 0 saturated carbocycles. The first-order valence-electron chi connectivity index (χ1n) is 7.41. The van der Waals surface area contributed by atoms with Gasteiger partial charge < -0.3 is 14.4 Å². The summed E-state index contributed by atoms with van der Waals surface area (Å²) >= 11 is 3.39. The van der Waals surface area contributed by atoms with Crippen molar-refractivity contribution in [1.29, 1.82) is 0 Å². The van der Waals surface area contributed by atoms with E-state index in [1.54, 1.807) is 14.2 Å². The quantitative estimate of drug-likeness (QED) is 0.821. The molecular weight excluding hydrogens is 358 g/mol. The molecule has 5 heteroatoms. The average molecular weight is 376 g/mol. The summed E-state index contributed by atoms with van der Waals surface area (Å²) in [5, 5.41) is 0. The molecule has 1 heterocycles. The number of ether oxygens (including phenoxy) is 2. The molecular formula is C18H18BrNO3. The zero-order valence-electron chi connectivity index (χ0n) is 13.1. The van der Waals surface area contributed by atoms with Crippen LogP contribution in [0, 0.1) is 0 Å². The van der Waals surface area contributed by atoms with E-state index < -0.39 is 0 Å². The third kappa shape index (κ3) is 3.20. The Morgan fingerprint density at radius 3 is 2.26 bits per heavy atom. The fourth-order valence-corrected chi connectivity index (χ4v) is 3.10. The smallest absolute Gasteiger partial charge is 0.254 e. The minimum atomic E-state index is 0.0536. The molecule has 0 aliphatic carbocycles. The molecule has 0 fully saturated rings. The zero-order chi connectivity index (χ0) is 16.4. The highest BCUT2D eigenvalue weighted by Gasteiger charge is 2.23. The summed E-state index contributed by atoms with van der Waals surface area (Å²) in [7, 11) is 3.26. The number of hydrogen-bond acceptors (Lipinski definition) is 3. The number of nitrogens with zero attached hydrogens (tertiary/aromatic N) is 1. The Hall–Kier alpha value is -2.01. The normalized spacial score (nSPS) is 13.4. The Morgan fingerprint density at radius 1 is 1.04 bits per heavy atom. The molecule has 0 unspecified atom stereocenters. The average Bonchev–Trinajstić information content (AvgIpc) is 2.60. The minimum Gasteiger partial charge on any atom is -0.493 e. The van der Waals surface area contributed by atoms with Gasteiger partial charge in [0.25, 0.3) is 5.91 Å². The Balaban J connectivity index is 1.84. The molecule has 1 amide bonds. The molecule has 0 aromatic heterocycles. The molecule has 0 bridgehead atoms. The van der Waals surface area contributed by atoms with Crippen LogP contribution in [-0.4, -0.2) is 31.6 Å². The highest BCUT2D eigenvalue weighted by molar-refractivity contribution is 9.10. The van der Waals surface area contributed by atoms with Gasteiger partial charge in [-0.2, -0.15) is 0 Å².